The lowest BCUT2D eigenvalue weighted by molar-refractivity contribution is 0.459. The van der Waals surface area contributed by atoms with Gasteiger partial charge in [-0.1, -0.05) is 36.4 Å². The SMILES string of the molecule is Cc1nc(Oc2ccc3ccccc3c2Br)ccc1CN. The lowest BCUT2D eigenvalue weighted by Crippen LogP contribution is -2.01. The molecule has 3 aromatic rings. The Labute approximate surface area is 131 Å². The number of hydrogen-bond donors (Lipinski definition) is 1. The van der Waals surface area contributed by atoms with E-state index in [4.69, 9.17) is 10.5 Å². The summed E-state index contributed by atoms with van der Waals surface area (Å²) in [6.07, 6.45) is 0. The van der Waals surface area contributed by atoms with Crippen LogP contribution in [0.4, 0.5) is 0 Å². The molecule has 106 valence electrons. The van der Waals surface area contributed by atoms with E-state index in [2.05, 4.69) is 33.0 Å². The van der Waals surface area contributed by atoms with Crippen molar-refractivity contribution in [2.24, 2.45) is 5.73 Å². The molecule has 1 aromatic heterocycles. The van der Waals surface area contributed by atoms with E-state index < -0.39 is 0 Å². The number of nitrogens with two attached hydrogens (primary N) is 1. The fraction of sp³-hybridized carbons (Fsp3) is 0.118. The highest BCUT2D eigenvalue weighted by molar-refractivity contribution is 9.10. The second kappa shape index (κ2) is 5.84. The first-order chi connectivity index (χ1) is 10.2. The average molecular weight is 343 g/mol. The third kappa shape index (κ3) is 2.77. The van der Waals surface area contributed by atoms with Gasteiger partial charge in [-0.25, -0.2) is 4.98 Å². The fourth-order valence-electron chi connectivity index (χ4n) is 2.24. The molecule has 2 N–H and O–H groups in total. The van der Waals surface area contributed by atoms with Crippen LogP contribution in [0.15, 0.2) is 53.0 Å². The summed E-state index contributed by atoms with van der Waals surface area (Å²) in [6.45, 7) is 2.42. The zero-order valence-corrected chi connectivity index (χ0v) is 13.2. The van der Waals surface area contributed by atoms with E-state index in [0.29, 0.717) is 12.4 Å². The van der Waals surface area contributed by atoms with Gasteiger partial charge in [0.2, 0.25) is 5.88 Å². The van der Waals surface area contributed by atoms with Crippen LogP contribution in [0.1, 0.15) is 11.3 Å². The molecule has 4 heteroatoms. The minimum atomic E-state index is 0.485. The number of rotatable bonds is 3. The number of benzene rings is 2. The molecule has 0 bridgehead atoms. The van der Waals surface area contributed by atoms with Crippen LogP contribution in [0.25, 0.3) is 10.8 Å². The predicted octanol–water partition coefficient (Wildman–Crippen LogP) is 4.56. The van der Waals surface area contributed by atoms with Gasteiger partial charge in [0.15, 0.2) is 0 Å². The molecule has 0 radical (unpaired) electrons. The van der Waals surface area contributed by atoms with E-state index in [0.717, 1.165) is 26.9 Å². The number of nitrogens with zero attached hydrogens (tertiary/aromatic N) is 1. The van der Waals surface area contributed by atoms with Crippen molar-refractivity contribution in [3.8, 4) is 11.6 Å². The Morgan fingerprint density at radius 1 is 1.10 bits per heavy atom. The van der Waals surface area contributed by atoms with Gasteiger partial charge in [0.25, 0.3) is 0 Å². The molecule has 0 fully saturated rings. The molecule has 0 atom stereocenters. The first-order valence-electron chi connectivity index (χ1n) is 6.70. The topological polar surface area (TPSA) is 48.1 Å². The van der Waals surface area contributed by atoms with E-state index >= 15 is 0 Å². The lowest BCUT2D eigenvalue weighted by atomic mass is 10.1. The summed E-state index contributed by atoms with van der Waals surface area (Å²) in [7, 11) is 0. The summed E-state index contributed by atoms with van der Waals surface area (Å²) in [5.74, 6) is 1.32. The lowest BCUT2D eigenvalue weighted by Gasteiger charge is -2.11. The van der Waals surface area contributed by atoms with Gasteiger partial charge in [0.05, 0.1) is 4.47 Å². The van der Waals surface area contributed by atoms with Crippen molar-refractivity contribution in [1.29, 1.82) is 0 Å². The number of halogens is 1. The highest BCUT2D eigenvalue weighted by Crippen LogP contribution is 2.35. The normalized spacial score (nSPS) is 10.8. The van der Waals surface area contributed by atoms with E-state index in [1.165, 1.54) is 5.39 Å². The highest BCUT2D eigenvalue weighted by atomic mass is 79.9. The molecule has 0 amide bonds. The molecule has 0 saturated heterocycles. The number of fused-ring (bicyclic) bond motifs is 1. The molecule has 2 aromatic carbocycles. The Hall–Kier alpha value is -1.91. The molecule has 3 rings (SSSR count). The van der Waals surface area contributed by atoms with Crippen LogP contribution in [0.5, 0.6) is 11.6 Å². The standard InChI is InChI=1S/C17H15BrN2O/c1-11-13(10-19)7-9-16(20-11)21-15-8-6-12-4-2-3-5-14(12)17(15)18/h2-9H,10,19H2,1H3. The highest BCUT2D eigenvalue weighted by Gasteiger charge is 2.08. The number of ether oxygens (including phenoxy) is 1. The van der Waals surface area contributed by atoms with Crippen LogP contribution < -0.4 is 10.5 Å². The Bertz CT molecular complexity index is 802. The minimum absolute atomic E-state index is 0.485. The van der Waals surface area contributed by atoms with Gasteiger partial charge in [0.1, 0.15) is 5.75 Å². The van der Waals surface area contributed by atoms with E-state index in [-0.39, 0.29) is 0 Å². The monoisotopic (exact) mass is 342 g/mol. The maximum absolute atomic E-state index is 5.90. The van der Waals surface area contributed by atoms with Crippen LogP contribution >= 0.6 is 15.9 Å². The number of aryl methyl sites for hydroxylation is 1. The van der Waals surface area contributed by atoms with Crippen molar-refractivity contribution in [3.63, 3.8) is 0 Å². The Morgan fingerprint density at radius 2 is 1.90 bits per heavy atom. The van der Waals surface area contributed by atoms with Crippen molar-refractivity contribution < 1.29 is 4.74 Å². The largest absolute Gasteiger partial charge is 0.438 e. The Kier molecular flexibility index (Phi) is 3.90. The maximum atomic E-state index is 5.90. The van der Waals surface area contributed by atoms with Gasteiger partial charge >= 0.3 is 0 Å². The van der Waals surface area contributed by atoms with Gasteiger partial charge in [-0.15, -0.1) is 0 Å². The van der Waals surface area contributed by atoms with Crippen molar-refractivity contribution in [2.75, 3.05) is 0 Å². The Morgan fingerprint density at radius 3 is 2.67 bits per heavy atom. The summed E-state index contributed by atoms with van der Waals surface area (Å²) >= 11 is 3.61. The summed E-state index contributed by atoms with van der Waals surface area (Å²) < 4.78 is 6.83. The summed E-state index contributed by atoms with van der Waals surface area (Å²) in [4.78, 5) is 4.44. The van der Waals surface area contributed by atoms with Gasteiger partial charge < -0.3 is 10.5 Å². The van der Waals surface area contributed by atoms with E-state index in [1.807, 2.05) is 43.3 Å². The molecule has 3 nitrogen and oxygen atoms in total. The van der Waals surface area contributed by atoms with E-state index in [1.54, 1.807) is 0 Å². The summed E-state index contributed by atoms with van der Waals surface area (Å²) in [5.41, 5.74) is 7.57. The maximum Gasteiger partial charge on any atom is 0.219 e. The molecule has 0 saturated carbocycles. The molecule has 1 heterocycles. The zero-order chi connectivity index (χ0) is 14.8. The van der Waals surface area contributed by atoms with Crippen molar-refractivity contribution in [1.82, 2.24) is 4.98 Å². The second-order valence-corrected chi connectivity index (χ2v) is 5.59. The van der Waals surface area contributed by atoms with E-state index in [9.17, 15) is 0 Å². The third-order valence-corrected chi connectivity index (χ3v) is 4.25. The molecule has 0 unspecified atom stereocenters. The number of pyridine rings is 1. The van der Waals surface area contributed by atoms with Crippen molar-refractivity contribution >= 4 is 26.7 Å². The van der Waals surface area contributed by atoms with Gasteiger partial charge in [-0.3, -0.25) is 0 Å². The average Bonchev–Trinajstić information content (AvgIpc) is 2.51. The molecule has 0 spiro atoms. The van der Waals surface area contributed by atoms with Crippen LogP contribution in [-0.2, 0) is 6.54 Å². The first kappa shape index (κ1) is 14.0. The molecule has 0 aliphatic carbocycles. The number of aromatic nitrogens is 1. The first-order valence-corrected chi connectivity index (χ1v) is 7.50. The van der Waals surface area contributed by atoms with Crippen LogP contribution in [0.3, 0.4) is 0 Å². The Balaban J connectivity index is 1.98. The van der Waals surface area contributed by atoms with Crippen LogP contribution in [0.2, 0.25) is 0 Å². The minimum Gasteiger partial charge on any atom is -0.438 e. The molecule has 21 heavy (non-hydrogen) atoms. The van der Waals surface area contributed by atoms with Crippen molar-refractivity contribution in [2.45, 2.75) is 13.5 Å². The predicted molar refractivity (Wildman–Crippen MR) is 88.6 cm³/mol. The summed E-state index contributed by atoms with van der Waals surface area (Å²) in [5, 5.41) is 2.28. The van der Waals surface area contributed by atoms with Gasteiger partial charge in [-0.05, 0) is 45.3 Å². The molecule has 0 aliphatic heterocycles. The van der Waals surface area contributed by atoms with Gasteiger partial charge in [-0.2, -0.15) is 0 Å². The molecular formula is C17H15BrN2O. The summed E-state index contributed by atoms with van der Waals surface area (Å²) in [6, 6.07) is 15.9. The van der Waals surface area contributed by atoms with Gasteiger partial charge in [0, 0.05) is 18.3 Å². The zero-order valence-electron chi connectivity index (χ0n) is 11.6. The second-order valence-electron chi connectivity index (χ2n) is 4.80. The molecule has 0 aliphatic rings. The van der Waals surface area contributed by atoms with Crippen LogP contribution in [0, 0.1) is 6.92 Å². The smallest absolute Gasteiger partial charge is 0.219 e. The van der Waals surface area contributed by atoms with Crippen LogP contribution in [-0.4, -0.2) is 4.98 Å². The fourth-order valence-corrected chi connectivity index (χ4v) is 2.82. The third-order valence-electron chi connectivity index (χ3n) is 3.43. The quantitative estimate of drug-likeness (QED) is 0.759. The number of hydrogen-bond acceptors (Lipinski definition) is 3. The van der Waals surface area contributed by atoms with Crippen molar-refractivity contribution in [3.05, 3.63) is 64.3 Å². The molecular weight excluding hydrogens is 328 g/mol.